The summed E-state index contributed by atoms with van der Waals surface area (Å²) >= 11 is 0. The third kappa shape index (κ3) is 5.11. The van der Waals surface area contributed by atoms with E-state index in [1.165, 1.54) is 12.5 Å². The van der Waals surface area contributed by atoms with Crippen molar-refractivity contribution < 1.29 is 22.7 Å². The lowest BCUT2D eigenvalue weighted by molar-refractivity contribution is -0.137. The van der Waals surface area contributed by atoms with Gasteiger partial charge in [0.1, 0.15) is 6.10 Å². The summed E-state index contributed by atoms with van der Waals surface area (Å²) in [5.41, 5.74) is -0.779. The average Bonchev–Trinajstić information content (AvgIpc) is 2.64. The number of hydrogen-bond acceptors (Lipinski definition) is 3. The first-order valence-electron chi connectivity index (χ1n) is 9.42. The highest BCUT2D eigenvalue weighted by Crippen LogP contribution is 2.30. The molecule has 144 valence electrons. The van der Waals surface area contributed by atoms with Gasteiger partial charge in [0.15, 0.2) is 0 Å². The number of amides is 1. The average molecular weight is 370 g/mol. The molecule has 0 bridgehead atoms. The molecule has 0 aliphatic heterocycles. The molecule has 1 N–H and O–H groups in total. The first kappa shape index (κ1) is 19.0. The monoisotopic (exact) mass is 370 g/mol. The largest absolute Gasteiger partial charge is 0.474 e. The Hall–Kier alpha value is -1.79. The topological polar surface area (TPSA) is 51.2 Å². The number of alkyl halides is 3. The molecular formula is C19H25F3N2O2. The first-order chi connectivity index (χ1) is 12.4. The number of pyridine rings is 1. The number of aromatic nitrogens is 1. The third-order valence-corrected chi connectivity index (χ3v) is 5.35. The van der Waals surface area contributed by atoms with Crippen LogP contribution >= 0.6 is 0 Å². The highest BCUT2D eigenvalue weighted by atomic mass is 19.4. The number of halogens is 3. The second-order valence-electron chi connectivity index (χ2n) is 7.32. The van der Waals surface area contributed by atoms with Crippen LogP contribution < -0.4 is 10.1 Å². The Morgan fingerprint density at radius 2 is 1.73 bits per heavy atom. The SMILES string of the molecule is O=C(NC1CCC(Oc2ccc(C(F)(F)F)cn2)CC1)C1CCCCC1. The molecule has 0 saturated heterocycles. The van der Waals surface area contributed by atoms with Crippen molar-refractivity contribution in [2.24, 2.45) is 5.92 Å². The van der Waals surface area contributed by atoms with Gasteiger partial charge < -0.3 is 10.1 Å². The van der Waals surface area contributed by atoms with Gasteiger partial charge in [0.05, 0.1) is 5.56 Å². The Labute approximate surface area is 151 Å². The fourth-order valence-electron chi connectivity index (χ4n) is 3.80. The summed E-state index contributed by atoms with van der Waals surface area (Å²) in [5.74, 6) is 0.556. The Morgan fingerprint density at radius 1 is 1.04 bits per heavy atom. The van der Waals surface area contributed by atoms with Crippen molar-refractivity contribution in [2.45, 2.75) is 76.1 Å². The molecule has 3 rings (SSSR count). The normalized spacial score (nSPS) is 24.9. The molecule has 7 heteroatoms. The zero-order valence-corrected chi connectivity index (χ0v) is 14.7. The maximum atomic E-state index is 12.5. The molecule has 0 atom stereocenters. The lowest BCUT2D eigenvalue weighted by atomic mass is 9.87. The van der Waals surface area contributed by atoms with E-state index in [9.17, 15) is 18.0 Å². The number of carbonyl (C=O) groups excluding carboxylic acids is 1. The van der Waals surface area contributed by atoms with Crippen molar-refractivity contribution in [2.75, 3.05) is 0 Å². The summed E-state index contributed by atoms with van der Waals surface area (Å²) in [6, 6.07) is 2.42. The van der Waals surface area contributed by atoms with Gasteiger partial charge in [0.2, 0.25) is 11.8 Å². The van der Waals surface area contributed by atoms with Crippen LogP contribution in [-0.4, -0.2) is 23.0 Å². The summed E-state index contributed by atoms with van der Waals surface area (Å²) in [7, 11) is 0. The molecule has 26 heavy (non-hydrogen) atoms. The van der Waals surface area contributed by atoms with Crippen LogP contribution in [0.4, 0.5) is 13.2 Å². The molecule has 0 spiro atoms. The summed E-state index contributed by atoms with van der Waals surface area (Å²) in [5, 5.41) is 3.16. The molecule has 1 aromatic heterocycles. The quantitative estimate of drug-likeness (QED) is 0.850. The van der Waals surface area contributed by atoms with Gasteiger partial charge in [0.25, 0.3) is 0 Å². The van der Waals surface area contributed by atoms with Crippen molar-refractivity contribution in [3.8, 4) is 5.88 Å². The summed E-state index contributed by atoms with van der Waals surface area (Å²) in [6.07, 6.45) is 4.99. The van der Waals surface area contributed by atoms with Gasteiger partial charge in [-0.3, -0.25) is 4.79 Å². The maximum Gasteiger partial charge on any atom is 0.417 e. The molecule has 4 nitrogen and oxygen atoms in total. The molecule has 2 aliphatic rings. The second kappa shape index (κ2) is 8.27. The minimum Gasteiger partial charge on any atom is -0.474 e. The molecule has 0 aromatic carbocycles. The van der Waals surface area contributed by atoms with Crippen LogP contribution in [0.3, 0.4) is 0 Å². The number of nitrogens with zero attached hydrogens (tertiary/aromatic N) is 1. The Kier molecular flexibility index (Phi) is 6.04. The number of carbonyl (C=O) groups is 1. The Morgan fingerprint density at radius 3 is 2.31 bits per heavy atom. The lowest BCUT2D eigenvalue weighted by Gasteiger charge is -2.31. The molecule has 1 heterocycles. The molecule has 2 aliphatic carbocycles. The van der Waals surface area contributed by atoms with Crippen LogP contribution in [-0.2, 0) is 11.0 Å². The van der Waals surface area contributed by atoms with Gasteiger partial charge >= 0.3 is 6.18 Å². The minimum absolute atomic E-state index is 0.0675. The van der Waals surface area contributed by atoms with E-state index in [-0.39, 0.29) is 29.9 Å². The standard InChI is InChI=1S/C19H25F3N2O2/c20-19(21,22)14-6-11-17(23-12-14)26-16-9-7-15(8-10-16)24-18(25)13-4-2-1-3-5-13/h6,11-13,15-16H,1-5,7-10H2,(H,24,25). The highest BCUT2D eigenvalue weighted by molar-refractivity contribution is 5.79. The van der Waals surface area contributed by atoms with E-state index in [0.717, 1.165) is 63.6 Å². The molecule has 2 fully saturated rings. The van der Waals surface area contributed by atoms with Crippen LogP contribution in [0.2, 0.25) is 0 Å². The smallest absolute Gasteiger partial charge is 0.417 e. The van der Waals surface area contributed by atoms with E-state index in [0.29, 0.717) is 0 Å². The van der Waals surface area contributed by atoms with Crippen LogP contribution in [0.1, 0.15) is 63.4 Å². The summed E-state index contributed by atoms with van der Waals surface area (Å²) in [4.78, 5) is 16.1. The van der Waals surface area contributed by atoms with E-state index < -0.39 is 11.7 Å². The molecule has 0 radical (unpaired) electrons. The van der Waals surface area contributed by atoms with Crippen molar-refractivity contribution in [1.82, 2.24) is 10.3 Å². The van der Waals surface area contributed by atoms with Gasteiger partial charge in [0, 0.05) is 24.2 Å². The molecular weight excluding hydrogens is 345 g/mol. The molecule has 1 aromatic rings. The molecule has 2 saturated carbocycles. The maximum absolute atomic E-state index is 12.5. The number of nitrogens with one attached hydrogen (secondary N) is 1. The van der Waals surface area contributed by atoms with Crippen molar-refractivity contribution in [3.05, 3.63) is 23.9 Å². The number of ether oxygens (including phenoxy) is 1. The summed E-state index contributed by atoms with van der Waals surface area (Å²) in [6.45, 7) is 0. The number of rotatable bonds is 4. The fraction of sp³-hybridized carbons (Fsp3) is 0.684. The van der Waals surface area contributed by atoms with Gasteiger partial charge in [-0.05, 0) is 44.6 Å². The predicted octanol–water partition coefficient (Wildman–Crippen LogP) is 4.49. The lowest BCUT2D eigenvalue weighted by Crippen LogP contribution is -2.42. The van der Waals surface area contributed by atoms with Crippen LogP contribution in [0.25, 0.3) is 0 Å². The van der Waals surface area contributed by atoms with Gasteiger partial charge in [-0.1, -0.05) is 19.3 Å². The zero-order chi connectivity index (χ0) is 18.6. The van der Waals surface area contributed by atoms with Gasteiger partial charge in [-0.15, -0.1) is 0 Å². The van der Waals surface area contributed by atoms with E-state index in [4.69, 9.17) is 4.74 Å². The van der Waals surface area contributed by atoms with Gasteiger partial charge in [-0.25, -0.2) is 4.98 Å². The highest BCUT2D eigenvalue weighted by Gasteiger charge is 2.31. The van der Waals surface area contributed by atoms with Crippen LogP contribution in [0, 0.1) is 5.92 Å². The van der Waals surface area contributed by atoms with Gasteiger partial charge in [-0.2, -0.15) is 13.2 Å². The Balaban J connectivity index is 1.43. The van der Waals surface area contributed by atoms with Crippen molar-refractivity contribution in [1.29, 1.82) is 0 Å². The Bertz CT molecular complexity index is 590. The van der Waals surface area contributed by atoms with Crippen molar-refractivity contribution in [3.63, 3.8) is 0 Å². The molecule has 1 amide bonds. The van der Waals surface area contributed by atoms with E-state index >= 15 is 0 Å². The van der Waals surface area contributed by atoms with Crippen LogP contribution in [0.5, 0.6) is 5.88 Å². The second-order valence-corrected chi connectivity index (χ2v) is 7.32. The first-order valence-corrected chi connectivity index (χ1v) is 9.42. The van der Waals surface area contributed by atoms with E-state index in [2.05, 4.69) is 10.3 Å². The third-order valence-electron chi connectivity index (χ3n) is 5.35. The van der Waals surface area contributed by atoms with E-state index in [1.807, 2.05) is 0 Å². The minimum atomic E-state index is -4.39. The van der Waals surface area contributed by atoms with E-state index in [1.54, 1.807) is 0 Å². The summed E-state index contributed by atoms with van der Waals surface area (Å²) < 4.78 is 43.3. The zero-order valence-electron chi connectivity index (χ0n) is 14.7. The predicted molar refractivity (Wildman–Crippen MR) is 90.6 cm³/mol. The number of hydrogen-bond donors (Lipinski definition) is 1. The van der Waals surface area contributed by atoms with Crippen molar-refractivity contribution >= 4 is 5.91 Å². The fourth-order valence-corrected chi connectivity index (χ4v) is 3.80. The van der Waals surface area contributed by atoms with Crippen LogP contribution in [0.15, 0.2) is 18.3 Å². The molecule has 0 unspecified atom stereocenters.